The summed E-state index contributed by atoms with van der Waals surface area (Å²) in [5.41, 5.74) is 0. The maximum absolute atomic E-state index is 11.7. The smallest absolute Gasteiger partial charge is 0.149 e. The largest absolute Gasteiger partial charge is 0.298 e. The third-order valence-corrected chi connectivity index (χ3v) is 5.00. The average molecular weight is 204 g/mol. The van der Waals surface area contributed by atoms with Crippen molar-refractivity contribution < 1.29 is 4.79 Å². The minimum atomic E-state index is 0.265. The summed E-state index contributed by atoms with van der Waals surface area (Å²) < 4.78 is 0. The van der Waals surface area contributed by atoms with Crippen LogP contribution < -0.4 is 0 Å². The van der Waals surface area contributed by atoms with Crippen molar-refractivity contribution in [2.45, 2.75) is 25.5 Å². The van der Waals surface area contributed by atoms with Gasteiger partial charge in [-0.2, -0.15) is 11.8 Å². The van der Waals surface area contributed by atoms with Gasteiger partial charge in [0.1, 0.15) is 5.78 Å². The van der Waals surface area contributed by atoms with Crippen LogP contribution in [0.15, 0.2) is 0 Å². The van der Waals surface area contributed by atoms with E-state index in [1.807, 2.05) is 30.4 Å². The van der Waals surface area contributed by atoms with Gasteiger partial charge >= 0.3 is 0 Å². The Morgan fingerprint density at radius 3 is 2.83 bits per heavy atom. The molecule has 1 rings (SSSR count). The zero-order chi connectivity index (χ0) is 8.97. The second-order valence-corrected chi connectivity index (χ2v) is 5.61. The first kappa shape index (κ1) is 10.5. The van der Waals surface area contributed by atoms with Gasteiger partial charge < -0.3 is 0 Å². The Balaban J connectivity index is 2.39. The number of Topliss-reactive ketones (excluding diaryl/α,β-unsaturated/α-hetero) is 1. The van der Waals surface area contributed by atoms with Crippen molar-refractivity contribution in [3.63, 3.8) is 0 Å². The summed E-state index contributed by atoms with van der Waals surface area (Å²) in [6.07, 6.45) is 0.987. The van der Waals surface area contributed by atoms with Crippen molar-refractivity contribution in [3.8, 4) is 0 Å². The van der Waals surface area contributed by atoms with Crippen LogP contribution >= 0.6 is 23.5 Å². The molecule has 1 fully saturated rings. The molecule has 70 valence electrons. The van der Waals surface area contributed by atoms with E-state index >= 15 is 0 Å². The van der Waals surface area contributed by atoms with Gasteiger partial charge in [-0.15, -0.1) is 11.8 Å². The predicted octanol–water partition coefficient (Wildman–Crippen LogP) is 2.45. The average Bonchev–Trinajstić information content (AvgIpc) is 2.17. The van der Waals surface area contributed by atoms with Gasteiger partial charge in [0.05, 0.1) is 5.25 Å². The number of hydrogen-bond acceptors (Lipinski definition) is 3. The van der Waals surface area contributed by atoms with E-state index in [0.717, 1.165) is 17.9 Å². The molecule has 2 unspecified atom stereocenters. The van der Waals surface area contributed by atoms with Crippen LogP contribution in [-0.2, 0) is 4.79 Å². The highest BCUT2D eigenvalue weighted by Crippen LogP contribution is 2.27. The lowest BCUT2D eigenvalue weighted by atomic mass is 10.0. The van der Waals surface area contributed by atoms with E-state index in [-0.39, 0.29) is 5.92 Å². The standard InChI is InChI=1S/C9H16OS2/c1-3-7(2)9(10)8-6-11-4-5-12-8/h7-8H,3-6H2,1-2H3. The molecule has 0 saturated carbocycles. The zero-order valence-corrected chi connectivity index (χ0v) is 9.34. The molecule has 0 aromatic heterocycles. The first-order chi connectivity index (χ1) is 5.75. The fraction of sp³-hybridized carbons (Fsp3) is 0.889. The summed E-state index contributed by atoms with van der Waals surface area (Å²) in [4.78, 5) is 11.7. The van der Waals surface area contributed by atoms with Crippen molar-refractivity contribution in [3.05, 3.63) is 0 Å². The third kappa shape index (κ3) is 2.70. The fourth-order valence-corrected chi connectivity index (χ4v) is 3.93. The summed E-state index contributed by atoms with van der Waals surface area (Å²) in [7, 11) is 0. The number of thioether (sulfide) groups is 2. The van der Waals surface area contributed by atoms with Gasteiger partial charge in [-0.3, -0.25) is 4.79 Å². The number of ketones is 1. The maximum Gasteiger partial charge on any atom is 0.149 e. The molecule has 2 atom stereocenters. The molecule has 1 aliphatic rings. The molecule has 0 aromatic carbocycles. The molecule has 0 aromatic rings. The Bertz CT molecular complexity index is 153. The van der Waals surface area contributed by atoms with Crippen molar-refractivity contribution in [2.75, 3.05) is 17.3 Å². The molecular formula is C9H16OS2. The topological polar surface area (TPSA) is 17.1 Å². The van der Waals surface area contributed by atoms with Gasteiger partial charge in [-0.1, -0.05) is 13.8 Å². The first-order valence-electron chi connectivity index (χ1n) is 4.48. The Labute approximate surface area is 83.1 Å². The lowest BCUT2D eigenvalue weighted by Gasteiger charge is -2.22. The lowest BCUT2D eigenvalue weighted by molar-refractivity contribution is -0.121. The fourth-order valence-electron chi connectivity index (χ4n) is 1.17. The van der Waals surface area contributed by atoms with Crippen LogP contribution in [0, 0.1) is 5.92 Å². The molecule has 1 heterocycles. The molecule has 1 saturated heterocycles. The quantitative estimate of drug-likeness (QED) is 0.703. The minimum absolute atomic E-state index is 0.265. The van der Waals surface area contributed by atoms with Crippen molar-refractivity contribution in [1.82, 2.24) is 0 Å². The monoisotopic (exact) mass is 204 g/mol. The van der Waals surface area contributed by atoms with Gasteiger partial charge in [0.25, 0.3) is 0 Å². The van der Waals surface area contributed by atoms with Crippen LogP contribution in [0.4, 0.5) is 0 Å². The molecule has 0 aliphatic carbocycles. The first-order valence-corrected chi connectivity index (χ1v) is 6.69. The molecule has 3 heteroatoms. The van der Waals surface area contributed by atoms with Crippen molar-refractivity contribution >= 4 is 29.3 Å². The number of carbonyl (C=O) groups is 1. The van der Waals surface area contributed by atoms with Crippen LogP contribution in [0.1, 0.15) is 20.3 Å². The van der Waals surface area contributed by atoms with Crippen LogP contribution in [0.5, 0.6) is 0 Å². The van der Waals surface area contributed by atoms with E-state index in [0.29, 0.717) is 11.0 Å². The van der Waals surface area contributed by atoms with Crippen LogP contribution in [-0.4, -0.2) is 28.3 Å². The van der Waals surface area contributed by atoms with Crippen molar-refractivity contribution in [1.29, 1.82) is 0 Å². The summed E-state index contributed by atoms with van der Waals surface area (Å²) >= 11 is 3.76. The van der Waals surface area contributed by atoms with Crippen LogP contribution in [0.2, 0.25) is 0 Å². The highest BCUT2D eigenvalue weighted by atomic mass is 32.2. The second kappa shape index (κ2) is 5.18. The van der Waals surface area contributed by atoms with E-state index in [1.54, 1.807) is 0 Å². The Kier molecular flexibility index (Phi) is 4.51. The van der Waals surface area contributed by atoms with Gasteiger partial charge in [-0.05, 0) is 6.42 Å². The summed E-state index contributed by atoms with van der Waals surface area (Å²) in [5.74, 6) is 4.14. The predicted molar refractivity (Wildman–Crippen MR) is 58.0 cm³/mol. The van der Waals surface area contributed by atoms with E-state index in [1.165, 1.54) is 5.75 Å². The maximum atomic E-state index is 11.7. The number of hydrogen-bond donors (Lipinski definition) is 0. The summed E-state index contributed by atoms with van der Waals surface area (Å²) in [5, 5.41) is 0.290. The van der Waals surface area contributed by atoms with E-state index < -0.39 is 0 Å². The Hall–Kier alpha value is 0.370. The SMILES string of the molecule is CCC(C)C(=O)C1CSCCS1. The molecule has 12 heavy (non-hydrogen) atoms. The molecule has 0 N–H and O–H groups in total. The normalized spacial score (nSPS) is 26.7. The molecule has 0 radical (unpaired) electrons. The minimum Gasteiger partial charge on any atom is -0.298 e. The highest BCUT2D eigenvalue weighted by molar-refractivity contribution is 8.07. The molecule has 0 amide bonds. The molecule has 1 aliphatic heterocycles. The Morgan fingerprint density at radius 1 is 1.58 bits per heavy atom. The van der Waals surface area contributed by atoms with Crippen molar-refractivity contribution in [2.24, 2.45) is 5.92 Å². The number of carbonyl (C=O) groups excluding carboxylic acids is 1. The zero-order valence-electron chi connectivity index (χ0n) is 7.71. The number of rotatable bonds is 3. The Morgan fingerprint density at radius 2 is 2.33 bits per heavy atom. The third-order valence-electron chi connectivity index (χ3n) is 2.23. The van der Waals surface area contributed by atoms with E-state index in [2.05, 4.69) is 6.92 Å². The van der Waals surface area contributed by atoms with E-state index in [4.69, 9.17) is 0 Å². The molecule has 0 spiro atoms. The van der Waals surface area contributed by atoms with Gasteiger partial charge in [0.15, 0.2) is 0 Å². The summed E-state index contributed by atoms with van der Waals surface area (Å²) in [6.45, 7) is 4.13. The second-order valence-electron chi connectivity index (χ2n) is 3.15. The molecular weight excluding hydrogens is 188 g/mol. The van der Waals surface area contributed by atoms with Gasteiger partial charge in [-0.25, -0.2) is 0 Å². The van der Waals surface area contributed by atoms with E-state index in [9.17, 15) is 4.79 Å². The van der Waals surface area contributed by atoms with Gasteiger partial charge in [0.2, 0.25) is 0 Å². The molecule has 1 nitrogen and oxygen atoms in total. The van der Waals surface area contributed by atoms with Crippen LogP contribution in [0.3, 0.4) is 0 Å². The summed E-state index contributed by atoms with van der Waals surface area (Å²) in [6, 6.07) is 0. The molecule has 0 bridgehead atoms. The van der Waals surface area contributed by atoms with Gasteiger partial charge in [0, 0.05) is 23.2 Å². The highest BCUT2D eigenvalue weighted by Gasteiger charge is 2.25. The lowest BCUT2D eigenvalue weighted by Crippen LogP contribution is -2.28. The van der Waals surface area contributed by atoms with Crippen LogP contribution in [0.25, 0.3) is 0 Å².